The summed E-state index contributed by atoms with van der Waals surface area (Å²) in [5, 5.41) is 0. The monoisotopic (exact) mass is 238 g/mol. The van der Waals surface area contributed by atoms with E-state index < -0.39 is 0 Å². The zero-order valence-corrected chi connectivity index (χ0v) is 11.5. The third kappa shape index (κ3) is 10.6. The van der Waals surface area contributed by atoms with E-state index in [2.05, 4.69) is 12.2 Å². The van der Waals surface area contributed by atoms with Crippen molar-refractivity contribution in [3.8, 4) is 0 Å². The van der Waals surface area contributed by atoms with Gasteiger partial charge in [-0.15, -0.1) is 0 Å². The molecule has 0 radical (unpaired) electrons. The van der Waals surface area contributed by atoms with E-state index in [1.165, 1.54) is 77.0 Å². The lowest BCUT2D eigenvalue weighted by Crippen LogP contribution is -1.97. The van der Waals surface area contributed by atoms with Crippen LogP contribution in [0.15, 0.2) is 12.2 Å². The van der Waals surface area contributed by atoms with Gasteiger partial charge in [0.25, 0.3) is 0 Å². The standard InChI is InChI=1S/C16H30O/c1-2-4-6-8-10-12-14-16-17-15-13-11-9-7-5-3-1/h1,3H,2,4-16H2. The maximum Gasteiger partial charge on any atom is 0.0466 e. The van der Waals surface area contributed by atoms with E-state index in [1.54, 1.807) is 0 Å². The average Bonchev–Trinajstić information content (AvgIpc) is 2.35. The molecule has 0 spiro atoms. The van der Waals surface area contributed by atoms with Crippen LogP contribution in [0.25, 0.3) is 0 Å². The fourth-order valence-corrected chi connectivity index (χ4v) is 2.33. The fourth-order valence-electron chi connectivity index (χ4n) is 2.33. The van der Waals surface area contributed by atoms with Crippen molar-refractivity contribution in [2.45, 2.75) is 77.0 Å². The predicted molar refractivity (Wildman–Crippen MR) is 75.4 cm³/mol. The molecule has 1 aliphatic rings. The van der Waals surface area contributed by atoms with E-state index in [0.717, 1.165) is 13.2 Å². The highest BCUT2D eigenvalue weighted by Gasteiger charge is 1.94. The molecule has 1 heteroatoms. The van der Waals surface area contributed by atoms with Gasteiger partial charge in [0.2, 0.25) is 0 Å². The van der Waals surface area contributed by atoms with Crippen molar-refractivity contribution in [2.24, 2.45) is 0 Å². The largest absolute Gasteiger partial charge is 0.381 e. The second-order valence-corrected chi connectivity index (χ2v) is 5.20. The summed E-state index contributed by atoms with van der Waals surface area (Å²) in [5.74, 6) is 0. The van der Waals surface area contributed by atoms with Crippen LogP contribution >= 0.6 is 0 Å². The highest BCUT2D eigenvalue weighted by molar-refractivity contribution is 4.81. The van der Waals surface area contributed by atoms with Gasteiger partial charge in [0.05, 0.1) is 0 Å². The molecule has 0 aromatic carbocycles. The van der Waals surface area contributed by atoms with Crippen molar-refractivity contribution >= 4 is 0 Å². The maximum atomic E-state index is 5.65. The third-order valence-corrected chi connectivity index (χ3v) is 3.49. The first-order valence-electron chi connectivity index (χ1n) is 7.73. The van der Waals surface area contributed by atoms with Gasteiger partial charge in [0, 0.05) is 13.2 Å². The van der Waals surface area contributed by atoms with Gasteiger partial charge < -0.3 is 4.74 Å². The Hall–Kier alpha value is -0.300. The molecule has 1 nitrogen and oxygen atoms in total. The number of hydrogen-bond donors (Lipinski definition) is 0. The Morgan fingerprint density at radius 2 is 0.882 bits per heavy atom. The average molecular weight is 238 g/mol. The van der Waals surface area contributed by atoms with Gasteiger partial charge >= 0.3 is 0 Å². The number of ether oxygens (including phenoxy) is 1. The highest BCUT2D eigenvalue weighted by Crippen LogP contribution is 2.10. The van der Waals surface area contributed by atoms with E-state index in [0.29, 0.717) is 0 Å². The Bertz CT molecular complexity index is 156. The lowest BCUT2D eigenvalue weighted by molar-refractivity contribution is 0.125. The highest BCUT2D eigenvalue weighted by atomic mass is 16.5. The molecule has 0 aromatic rings. The van der Waals surface area contributed by atoms with Crippen LogP contribution in [0.2, 0.25) is 0 Å². The van der Waals surface area contributed by atoms with Crippen molar-refractivity contribution in [3.63, 3.8) is 0 Å². The molecular weight excluding hydrogens is 208 g/mol. The van der Waals surface area contributed by atoms with Gasteiger partial charge in [-0.2, -0.15) is 0 Å². The lowest BCUT2D eigenvalue weighted by atomic mass is 10.1. The fraction of sp³-hybridized carbons (Fsp3) is 0.875. The summed E-state index contributed by atoms with van der Waals surface area (Å²) in [6, 6.07) is 0. The second kappa shape index (κ2) is 12.2. The summed E-state index contributed by atoms with van der Waals surface area (Å²) in [4.78, 5) is 0. The summed E-state index contributed by atoms with van der Waals surface area (Å²) in [7, 11) is 0. The van der Waals surface area contributed by atoms with Crippen LogP contribution in [0.1, 0.15) is 77.0 Å². The molecule has 0 saturated heterocycles. The summed E-state index contributed by atoms with van der Waals surface area (Å²) < 4.78 is 5.65. The Morgan fingerprint density at radius 1 is 0.471 bits per heavy atom. The SMILES string of the molecule is C1=CCCCCCCOCCCCCCCC1. The first-order chi connectivity index (χ1) is 8.50. The van der Waals surface area contributed by atoms with E-state index in [-0.39, 0.29) is 0 Å². The summed E-state index contributed by atoms with van der Waals surface area (Å²) in [6.45, 7) is 1.97. The maximum absolute atomic E-state index is 5.65. The molecule has 0 aliphatic carbocycles. The van der Waals surface area contributed by atoms with Gasteiger partial charge in [-0.05, 0) is 38.5 Å². The van der Waals surface area contributed by atoms with Crippen molar-refractivity contribution in [1.82, 2.24) is 0 Å². The van der Waals surface area contributed by atoms with Crippen LogP contribution in [-0.2, 0) is 4.74 Å². The molecule has 1 heterocycles. The van der Waals surface area contributed by atoms with Crippen molar-refractivity contribution in [2.75, 3.05) is 13.2 Å². The van der Waals surface area contributed by atoms with Gasteiger partial charge in [-0.3, -0.25) is 0 Å². The quantitative estimate of drug-likeness (QED) is 0.523. The minimum Gasteiger partial charge on any atom is -0.381 e. The molecule has 0 saturated carbocycles. The van der Waals surface area contributed by atoms with Gasteiger partial charge in [-0.25, -0.2) is 0 Å². The molecule has 17 heavy (non-hydrogen) atoms. The Kier molecular flexibility index (Phi) is 10.6. The predicted octanol–water partition coefficient (Wildman–Crippen LogP) is 5.25. The topological polar surface area (TPSA) is 9.23 Å². The van der Waals surface area contributed by atoms with Crippen LogP contribution in [0.5, 0.6) is 0 Å². The minimum absolute atomic E-state index is 0.982. The molecule has 0 amide bonds. The van der Waals surface area contributed by atoms with Gasteiger partial charge in [0.1, 0.15) is 0 Å². The normalized spacial score (nSPS) is 23.1. The molecule has 0 bridgehead atoms. The number of hydrogen-bond acceptors (Lipinski definition) is 1. The third-order valence-electron chi connectivity index (χ3n) is 3.49. The molecule has 0 atom stereocenters. The smallest absolute Gasteiger partial charge is 0.0466 e. The Labute approximate surface area is 108 Å². The zero-order valence-electron chi connectivity index (χ0n) is 11.5. The zero-order chi connectivity index (χ0) is 12.0. The molecule has 0 fully saturated rings. The van der Waals surface area contributed by atoms with Crippen LogP contribution in [0.3, 0.4) is 0 Å². The van der Waals surface area contributed by atoms with Crippen LogP contribution in [0, 0.1) is 0 Å². The molecule has 0 aromatic heterocycles. The van der Waals surface area contributed by atoms with E-state index in [4.69, 9.17) is 4.74 Å². The first kappa shape index (κ1) is 14.8. The molecule has 0 N–H and O–H groups in total. The Morgan fingerprint density at radius 3 is 1.41 bits per heavy atom. The molecule has 0 unspecified atom stereocenters. The lowest BCUT2D eigenvalue weighted by Gasteiger charge is -2.04. The summed E-state index contributed by atoms with van der Waals surface area (Å²) in [5.41, 5.74) is 0. The number of allylic oxidation sites excluding steroid dienone is 2. The van der Waals surface area contributed by atoms with Crippen LogP contribution in [-0.4, -0.2) is 13.2 Å². The Balaban J connectivity index is 2.07. The molecular formula is C16H30O. The van der Waals surface area contributed by atoms with E-state index in [1.807, 2.05) is 0 Å². The van der Waals surface area contributed by atoms with Gasteiger partial charge in [0.15, 0.2) is 0 Å². The van der Waals surface area contributed by atoms with Crippen molar-refractivity contribution in [1.29, 1.82) is 0 Å². The van der Waals surface area contributed by atoms with E-state index >= 15 is 0 Å². The van der Waals surface area contributed by atoms with Crippen LogP contribution < -0.4 is 0 Å². The molecule has 100 valence electrons. The van der Waals surface area contributed by atoms with Crippen LogP contribution in [0.4, 0.5) is 0 Å². The first-order valence-corrected chi connectivity index (χ1v) is 7.73. The van der Waals surface area contributed by atoms with E-state index in [9.17, 15) is 0 Å². The molecule has 1 aliphatic heterocycles. The second-order valence-electron chi connectivity index (χ2n) is 5.20. The van der Waals surface area contributed by atoms with Crippen molar-refractivity contribution in [3.05, 3.63) is 12.2 Å². The molecule has 1 rings (SSSR count). The summed E-state index contributed by atoms with van der Waals surface area (Å²) >= 11 is 0. The summed E-state index contributed by atoms with van der Waals surface area (Å²) in [6.07, 6.45) is 20.9. The van der Waals surface area contributed by atoms with Gasteiger partial charge in [-0.1, -0.05) is 50.7 Å². The number of rotatable bonds is 0. The van der Waals surface area contributed by atoms with Crippen molar-refractivity contribution < 1.29 is 4.74 Å². The minimum atomic E-state index is 0.982.